The quantitative estimate of drug-likeness (QED) is 0.640. The van der Waals surface area contributed by atoms with Crippen LogP contribution in [0.15, 0.2) is 24.3 Å². The number of hydrogen-bond donors (Lipinski definition) is 1. The molecule has 0 unspecified atom stereocenters. The lowest BCUT2D eigenvalue weighted by atomic mass is 9.99. The molecule has 0 bridgehead atoms. The number of anilines is 1. The molecule has 0 spiro atoms. The van der Waals surface area contributed by atoms with Gasteiger partial charge in [0.05, 0.1) is 17.5 Å². The van der Waals surface area contributed by atoms with Gasteiger partial charge in [0, 0.05) is 6.54 Å². The molecule has 27 heavy (non-hydrogen) atoms. The van der Waals surface area contributed by atoms with E-state index in [1.807, 2.05) is 6.92 Å². The molecule has 0 aliphatic rings. The molecule has 9 heteroatoms. The zero-order chi connectivity index (χ0) is 20.7. The average molecular weight is 408 g/mol. The molecule has 0 fully saturated rings. The highest BCUT2D eigenvalue weighted by Gasteiger charge is 2.32. The van der Waals surface area contributed by atoms with Crippen LogP contribution in [0.5, 0.6) is 0 Å². The summed E-state index contributed by atoms with van der Waals surface area (Å²) in [6.07, 6.45) is 0.169. The lowest BCUT2D eigenvalue weighted by Gasteiger charge is -2.23. The van der Waals surface area contributed by atoms with Crippen molar-refractivity contribution >= 4 is 21.6 Å². The molecule has 0 aliphatic heterocycles. The van der Waals surface area contributed by atoms with Crippen LogP contribution in [0.4, 0.5) is 18.9 Å². The Hall–Kier alpha value is -1.77. The lowest BCUT2D eigenvalue weighted by Crippen LogP contribution is -2.41. The minimum absolute atomic E-state index is 0.194. The van der Waals surface area contributed by atoms with Gasteiger partial charge in [-0.25, -0.2) is 8.42 Å². The highest BCUT2D eigenvalue weighted by molar-refractivity contribution is 7.92. The van der Waals surface area contributed by atoms with Gasteiger partial charge in [-0.3, -0.25) is 9.10 Å². The standard InChI is InChI=1S/C18H27F3N2O3S/c1-4-6-8-14(5-2)12-22-17(24)13-23(27(3,25)26)16-10-7-9-15(11-16)18(19,20)21/h7,9-11,14H,4-6,8,12-13H2,1-3H3,(H,22,24)/t14-/m0/s1. The monoisotopic (exact) mass is 408 g/mol. The smallest absolute Gasteiger partial charge is 0.354 e. The maximum Gasteiger partial charge on any atom is 0.416 e. The van der Waals surface area contributed by atoms with Gasteiger partial charge in [-0.05, 0) is 30.5 Å². The first kappa shape index (κ1) is 23.3. The van der Waals surface area contributed by atoms with E-state index in [-0.39, 0.29) is 11.6 Å². The fourth-order valence-corrected chi connectivity index (χ4v) is 3.47. The predicted octanol–water partition coefficient (Wildman–Crippen LogP) is 3.80. The second kappa shape index (κ2) is 9.96. The second-order valence-electron chi connectivity index (χ2n) is 6.54. The Balaban J connectivity index is 2.89. The van der Waals surface area contributed by atoms with Crippen molar-refractivity contribution in [1.82, 2.24) is 5.32 Å². The summed E-state index contributed by atoms with van der Waals surface area (Å²) in [6, 6.07) is 3.93. The Morgan fingerprint density at radius 3 is 2.44 bits per heavy atom. The van der Waals surface area contributed by atoms with Gasteiger partial charge in [0.15, 0.2) is 0 Å². The topological polar surface area (TPSA) is 66.5 Å². The van der Waals surface area contributed by atoms with Gasteiger partial charge in [-0.15, -0.1) is 0 Å². The van der Waals surface area contributed by atoms with Crippen molar-refractivity contribution in [3.8, 4) is 0 Å². The Morgan fingerprint density at radius 2 is 1.93 bits per heavy atom. The van der Waals surface area contributed by atoms with Crippen LogP contribution in [-0.4, -0.2) is 33.7 Å². The molecule has 154 valence electrons. The third-order valence-corrected chi connectivity index (χ3v) is 5.42. The number of nitrogens with zero attached hydrogens (tertiary/aromatic N) is 1. The van der Waals surface area contributed by atoms with E-state index in [4.69, 9.17) is 0 Å². The van der Waals surface area contributed by atoms with Gasteiger partial charge < -0.3 is 5.32 Å². The summed E-state index contributed by atoms with van der Waals surface area (Å²) < 4.78 is 63.4. The Kier molecular flexibility index (Phi) is 8.59. The number of alkyl halides is 3. The van der Waals surface area contributed by atoms with Gasteiger partial charge in [0.1, 0.15) is 6.54 Å². The summed E-state index contributed by atoms with van der Waals surface area (Å²) in [5, 5.41) is 2.69. The largest absolute Gasteiger partial charge is 0.416 e. The predicted molar refractivity (Wildman–Crippen MR) is 99.9 cm³/mol. The summed E-state index contributed by atoms with van der Waals surface area (Å²) in [5.74, 6) is -0.262. The van der Waals surface area contributed by atoms with Gasteiger partial charge in [0.2, 0.25) is 15.9 Å². The molecule has 0 aromatic heterocycles. The van der Waals surface area contributed by atoms with Gasteiger partial charge in [-0.2, -0.15) is 13.2 Å². The van der Waals surface area contributed by atoms with E-state index in [9.17, 15) is 26.4 Å². The molecule has 0 saturated heterocycles. The summed E-state index contributed by atoms with van der Waals surface area (Å²) in [7, 11) is -3.93. The summed E-state index contributed by atoms with van der Waals surface area (Å²) in [4.78, 5) is 12.2. The van der Waals surface area contributed by atoms with E-state index in [1.165, 1.54) is 6.07 Å². The van der Waals surface area contributed by atoms with Crippen LogP contribution in [0, 0.1) is 5.92 Å². The highest BCUT2D eigenvalue weighted by Crippen LogP contribution is 2.32. The van der Waals surface area contributed by atoms with Crippen LogP contribution in [0.2, 0.25) is 0 Å². The molecule has 0 radical (unpaired) electrons. The number of sulfonamides is 1. The van der Waals surface area contributed by atoms with Crippen LogP contribution in [-0.2, 0) is 21.0 Å². The molecule has 1 rings (SSSR count). The third kappa shape index (κ3) is 7.78. The molecule has 0 saturated carbocycles. The Labute approximate surface area is 159 Å². The summed E-state index contributed by atoms with van der Waals surface area (Å²) in [5.41, 5.74) is -1.17. The minimum Gasteiger partial charge on any atom is -0.354 e. The second-order valence-corrected chi connectivity index (χ2v) is 8.45. The first-order chi connectivity index (χ1) is 12.5. The number of carbonyl (C=O) groups excluding carboxylic acids is 1. The molecule has 5 nitrogen and oxygen atoms in total. The van der Waals surface area contributed by atoms with E-state index in [0.29, 0.717) is 10.8 Å². The molecule has 1 amide bonds. The van der Waals surface area contributed by atoms with Crippen LogP contribution >= 0.6 is 0 Å². The van der Waals surface area contributed by atoms with Crippen molar-refractivity contribution in [3.63, 3.8) is 0 Å². The van der Waals surface area contributed by atoms with Gasteiger partial charge >= 0.3 is 6.18 Å². The number of hydrogen-bond acceptors (Lipinski definition) is 3. The molecular weight excluding hydrogens is 381 g/mol. The van der Waals surface area contributed by atoms with Crippen molar-refractivity contribution < 1.29 is 26.4 Å². The Morgan fingerprint density at radius 1 is 1.26 bits per heavy atom. The average Bonchev–Trinajstić information content (AvgIpc) is 2.58. The van der Waals surface area contributed by atoms with Crippen LogP contribution < -0.4 is 9.62 Å². The van der Waals surface area contributed by atoms with Crippen molar-refractivity contribution in [2.45, 2.75) is 45.7 Å². The number of rotatable bonds is 10. The maximum atomic E-state index is 12.9. The zero-order valence-electron chi connectivity index (χ0n) is 15.8. The van der Waals surface area contributed by atoms with E-state index >= 15 is 0 Å². The van der Waals surface area contributed by atoms with Crippen LogP contribution in [0.3, 0.4) is 0 Å². The number of carbonyl (C=O) groups is 1. The van der Waals surface area contributed by atoms with Crippen molar-refractivity contribution in [2.75, 3.05) is 23.7 Å². The van der Waals surface area contributed by atoms with Crippen molar-refractivity contribution in [2.24, 2.45) is 5.92 Å². The van der Waals surface area contributed by atoms with Crippen LogP contribution in [0.1, 0.15) is 45.1 Å². The van der Waals surface area contributed by atoms with E-state index in [0.717, 1.165) is 50.1 Å². The number of benzene rings is 1. The zero-order valence-corrected chi connectivity index (χ0v) is 16.7. The molecule has 0 aliphatic carbocycles. The van der Waals surface area contributed by atoms with E-state index in [1.54, 1.807) is 0 Å². The Bertz CT molecular complexity index is 721. The van der Waals surface area contributed by atoms with Crippen molar-refractivity contribution in [1.29, 1.82) is 0 Å². The fraction of sp³-hybridized carbons (Fsp3) is 0.611. The maximum absolute atomic E-state index is 12.9. The third-order valence-electron chi connectivity index (χ3n) is 4.28. The summed E-state index contributed by atoms with van der Waals surface area (Å²) >= 11 is 0. The van der Waals surface area contributed by atoms with Crippen LogP contribution in [0.25, 0.3) is 0 Å². The SMILES string of the molecule is CCCC[C@H](CC)CNC(=O)CN(c1cccc(C(F)(F)F)c1)S(C)(=O)=O. The first-order valence-electron chi connectivity index (χ1n) is 8.90. The lowest BCUT2D eigenvalue weighted by molar-refractivity contribution is -0.137. The van der Waals surface area contributed by atoms with Gasteiger partial charge in [0.25, 0.3) is 0 Å². The molecule has 1 aromatic carbocycles. The molecule has 0 heterocycles. The number of unbranched alkanes of at least 4 members (excludes halogenated alkanes) is 1. The minimum atomic E-state index is -4.60. The molecule has 1 N–H and O–H groups in total. The first-order valence-corrected chi connectivity index (χ1v) is 10.8. The fourth-order valence-electron chi connectivity index (χ4n) is 2.63. The number of halogens is 3. The number of nitrogens with one attached hydrogen (secondary N) is 1. The van der Waals surface area contributed by atoms with E-state index < -0.39 is 34.2 Å². The van der Waals surface area contributed by atoms with Crippen molar-refractivity contribution in [3.05, 3.63) is 29.8 Å². The summed E-state index contributed by atoms with van der Waals surface area (Å²) in [6.45, 7) is 3.93. The molecule has 1 aromatic rings. The van der Waals surface area contributed by atoms with E-state index in [2.05, 4.69) is 12.2 Å². The van der Waals surface area contributed by atoms with Gasteiger partial charge in [-0.1, -0.05) is 39.2 Å². The molecule has 1 atom stereocenters. The highest BCUT2D eigenvalue weighted by atomic mass is 32.2. The normalized spacial score (nSPS) is 13.3. The number of amides is 1. The molecular formula is C18H27F3N2O3S.